The van der Waals surface area contributed by atoms with Crippen LogP contribution in [0.3, 0.4) is 0 Å². The smallest absolute Gasteiger partial charge is 0.241 e. The predicted octanol–water partition coefficient (Wildman–Crippen LogP) is 2.80. The Labute approximate surface area is 179 Å². The first-order valence-electron chi connectivity index (χ1n) is 9.74. The highest BCUT2D eigenvalue weighted by Crippen LogP contribution is 2.33. The molecule has 3 rings (SSSR count). The van der Waals surface area contributed by atoms with Gasteiger partial charge in [0.05, 0.1) is 17.9 Å². The standard InChI is InChI=1S/C22H25F2N5O2/c1-29(2)6-7-31-21-10-17(15-12-26-27-13-15)18(24)11-20(21)28-22(30)19(25)9-14-4-3-5-16(23)8-14/h3-5,8,10-13,19H,6-7,9,25H2,1-2H3,(H,26,27)(H,28,30)/t19-/m1/s1. The Kier molecular flexibility index (Phi) is 7.32. The molecule has 164 valence electrons. The zero-order valence-electron chi connectivity index (χ0n) is 17.4. The number of benzene rings is 2. The van der Waals surface area contributed by atoms with Gasteiger partial charge in [-0.05, 0) is 44.3 Å². The Morgan fingerprint density at radius 1 is 1.29 bits per heavy atom. The van der Waals surface area contributed by atoms with Crippen LogP contribution in [0, 0.1) is 11.6 Å². The number of carbonyl (C=O) groups excluding carboxylic acids is 1. The number of ether oxygens (including phenoxy) is 1. The van der Waals surface area contributed by atoms with E-state index in [2.05, 4.69) is 15.5 Å². The second-order valence-electron chi connectivity index (χ2n) is 7.40. The van der Waals surface area contributed by atoms with E-state index in [-0.39, 0.29) is 17.7 Å². The van der Waals surface area contributed by atoms with Crippen molar-refractivity contribution in [1.29, 1.82) is 0 Å². The molecule has 1 atom stereocenters. The van der Waals surface area contributed by atoms with Gasteiger partial charge in [0.2, 0.25) is 5.91 Å². The van der Waals surface area contributed by atoms with Crippen molar-refractivity contribution in [3.8, 4) is 16.9 Å². The Balaban J connectivity index is 1.80. The van der Waals surface area contributed by atoms with Crippen LogP contribution in [0.1, 0.15) is 5.56 Å². The van der Waals surface area contributed by atoms with E-state index in [9.17, 15) is 13.6 Å². The van der Waals surface area contributed by atoms with E-state index in [1.807, 2.05) is 19.0 Å². The summed E-state index contributed by atoms with van der Waals surface area (Å²) in [4.78, 5) is 14.6. The summed E-state index contributed by atoms with van der Waals surface area (Å²) < 4.78 is 34.0. The van der Waals surface area contributed by atoms with Gasteiger partial charge in [0.15, 0.2) is 0 Å². The van der Waals surface area contributed by atoms with E-state index in [1.165, 1.54) is 30.5 Å². The lowest BCUT2D eigenvalue weighted by Gasteiger charge is -2.18. The largest absolute Gasteiger partial charge is 0.490 e. The first-order chi connectivity index (χ1) is 14.8. The third-order valence-electron chi connectivity index (χ3n) is 4.61. The molecule has 9 heteroatoms. The lowest BCUT2D eigenvalue weighted by molar-refractivity contribution is -0.117. The molecule has 2 aromatic carbocycles. The van der Waals surface area contributed by atoms with E-state index in [0.717, 1.165) is 0 Å². The number of rotatable bonds is 9. The summed E-state index contributed by atoms with van der Waals surface area (Å²) in [5.74, 6) is -1.17. The van der Waals surface area contributed by atoms with Crippen LogP contribution < -0.4 is 15.8 Å². The third kappa shape index (κ3) is 6.09. The number of hydrogen-bond acceptors (Lipinski definition) is 5. The third-order valence-corrected chi connectivity index (χ3v) is 4.61. The van der Waals surface area contributed by atoms with E-state index >= 15 is 0 Å². The molecule has 4 N–H and O–H groups in total. The molecule has 0 fully saturated rings. The van der Waals surface area contributed by atoms with Crippen molar-refractivity contribution >= 4 is 11.6 Å². The fourth-order valence-electron chi connectivity index (χ4n) is 2.96. The van der Waals surface area contributed by atoms with Crippen molar-refractivity contribution in [3.05, 3.63) is 66.0 Å². The molecule has 0 saturated carbocycles. The number of amides is 1. The predicted molar refractivity (Wildman–Crippen MR) is 115 cm³/mol. The number of anilines is 1. The van der Waals surface area contributed by atoms with E-state index in [1.54, 1.807) is 18.3 Å². The summed E-state index contributed by atoms with van der Waals surface area (Å²) in [6.45, 7) is 0.965. The average molecular weight is 429 g/mol. The van der Waals surface area contributed by atoms with Gasteiger partial charge in [-0.2, -0.15) is 5.10 Å². The number of nitrogens with one attached hydrogen (secondary N) is 2. The van der Waals surface area contributed by atoms with E-state index < -0.39 is 23.6 Å². The van der Waals surface area contributed by atoms with E-state index in [0.29, 0.717) is 30.0 Å². The molecule has 0 spiro atoms. The Morgan fingerprint density at radius 3 is 2.77 bits per heavy atom. The van der Waals surface area contributed by atoms with Crippen molar-refractivity contribution in [3.63, 3.8) is 0 Å². The van der Waals surface area contributed by atoms with Crippen LogP contribution in [0.4, 0.5) is 14.5 Å². The lowest BCUT2D eigenvalue weighted by Crippen LogP contribution is -2.37. The van der Waals surface area contributed by atoms with Crippen LogP contribution in [0.25, 0.3) is 11.1 Å². The van der Waals surface area contributed by atoms with Gasteiger partial charge in [-0.3, -0.25) is 9.89 Å². The number of likely N-dealkylation sites (N-methyl/N-ethyl adjacent to an activating group) is 1. The van der Waals surface area contributed by atoms with Crippen LogP contribution in [0.15, 0.2) is 48.8 Å². The monoisotopic (exact) mass is 429 g/mol. The number of H-pyrrole nitrogens is 1. The van der Waals surface area contributed by atoms with Crippen LogP contribution in [0.2, 0.25) is 0 Å². The second kappa shape index (κ2) is 10.1. The molecule has 0 radical (unpaired) electrons. The maximum absolute atomic E-state index is 14.8. The van der Waals surface area contributed by atoms with Crippen molar-refractivity contribution in [2.45, 2.75) is 12.5 Å². The van der Waals surface area contributed by atoms with Crippen LogP contribution in [0.5, 0.6) is 5.75 Å². The molecule has 0 aliphatic heterocycles. The maximum atomic E-state index is 14.8. The highest BCUT2D eigenvalue weighted by molar-refractivity contribution is 5.96. The lowest BCUT2D eigenvalue weighted by atomic mass is 10.0. The van der Waals surface area contributed by atoms with Crippen molar-refractivity contribution < 1.29 is 18.3 Å². The van der Waals surface area contributed by atoms with Gasteiger partial charge in [-0.25, -0.2) is 8.78 Å². The highest BCUT2D eigenvalue weighted by atomic mass is 19.1. The molecule has 0 unspecified atom stereocenters. The zero-order valence-corrected chi connectivity index (χ0v) is 17.4. The number of nitrogens with two attached hydrogens (primary N) is 1. The summed E-state index contributed by atoms with van der Waals surface area (Å²) in [5.41, 5.74) is 7.59. The van der Waals surface area contributed by atoms with Gasteiger partial charge in [0.25, 0.3) is 0 Å². The van der Waals surface area contributed by atoms with Gasteiger partial charge in [-0.1, -0.05) is 12.1 Å². The van der Waals surface area contributed by atoms with Crippen molar-refractivity contribution in [1.82, 2.24) is 15.1 Å². The molecular formula is C22H25F2N5O2. The topological polar surface area (TPSA) is 96.3 Å². The van der Waals surface area contributed by atoms with Crippen molar-refractivity contribution in [2.24, 2.45) is 5.73 Å². The summed E-state index contributed by atoms with van der Waals surface area (Å²) in [6.07, 6.45) is 3.19. The second-order valence-corrected chi connectivity index (χ2v) is 7.40. The molecule has 1 heterocycles. The normalized spacial score (nSPS) is 12.1. The fraction of sp³-hybridized carbons (Fsp3) is 0.273. The van der Waals surface area contributed by atoms with Crippen LogP contribution in [-0.2, 0) is 11.2 Å². The van der Waals surface area contributed by atoms with Gasteiger partial charge < -0.3 is 20.7 Å². The Hall–Kier alpha value is -3.30. The summed E-state index contributed by atoms with van der Waals surface area (Å²) in [7, 11) is 3.80. The Morgan fingerprint density at radius 2 is 2.10 bits per heavy atom. The highest BCUT2D eigenvalue weighted by Gasteiger charge is 2.19. The molecular weight excluding hydrogens is 404 g/mol. The number of aromatic nitrogens is 2. The quantitative estimate of drug-likeness (QED) is 0.486. The Bertz CT molecular complexity index is 1020. The van der Waals surface area contributed by atoms with Crippen LogP contribution >= 0.6 is 0 Å². The molecule has 1 amide bonds. The van der Waals surface area contributed by atoms with Gasteiger partial charge in [0, 0.05) is 29.9 Å². The number of carbonyl (C=O) groups is 1. The first kappa shape index (κ1) is 22.4. The SMILES string of the molecule is CN(C)CCOc1cc(-c2cn[nH]c2)c(F)cc1NC(=O)[C@H](N)Cc1cccc(F)c1. The van der Waals surface area contributed by atoms with Gasteiger partial charge in [-0.15, -0.1) is 0 Å². The summed E-state index contributed by atoms with van der Waals surface area (Å²) in [5, 5.41) is 9.12. The zero-order chi connectivity index (χ0) is 22.4. The fourth-order valence-corrected chi connectivity index (χ4v) is 2.96. The maximum Gasteiger partial charge on any atom is 0.241 e. The summed E-state index contributed by atoms with van der Waals surface area (Å²) in [6, 6.07) is 7.64. The summed E-state index contributed by atoms with van der Waals surface area (Å²) >= 11 is 0. The molecule has 1 aromatic heterocycles. The molecule has 0 aliphatic carbocycles. The number of hydrogen-bond donors (Lipinski definition) is 3. The van der Waals surface area contributed by atoms with Gasteiger partial charge in [0.1, 0.15) is 24.0 Å². The number of nitrogens with zero attached hydrogens (tertiary/aromatic N) is 2. The number of aromatic amines is 1. The molecule has 31 heavy (non-hydrogen) atoms. The minimum absolute atomic E-state index is 0.135. The van der Waals surface area contributed by atoms with E-state index in [4.69, 9.17) is 10.5 Å². The van der Waals surface area contributed by atoms with Crippen molar-refractivity contribution in [2.75, 3.05) is 32.6 Å². The molecule has 7 nitrogen and oxygen atoms in total. The number of halogens is 2. The van der Waals surface area contributed by atoms with Gasteiger partial charge >= 0.3 is 0 Å². The minimum atomic E-state index is -0.951. The molecule has 0 saturated heterocycles. The molecule has 0 bridgehead atoms. The minimum Gasteiger partial charge on any atom is -0.490 e. The first-order valence-corrected chi connectivity index (χ1v) is 9.74. The molecule has 0 aliphatic rings. The molecule has 3 aromatic rings. The van der Waals surface area contributed by atoms with Crippen LogP contribution in [-0.4, -0.2) is 54.3 Å². The average Bonchev–Trinajstić information content (AvgIpc) is 3.23.